The van der Waals surface area contributed by atoms with Gasteiger partial charge in [-0.3, -0.25) is 33.8 Å². The van der Waals surface area contributed by atoms with Gasteiger partial charge in [0.25, 0.3) is 0 Å². The standard InChI is InChI=1S/C30H39N3O9/c1-13(2)11-33-6-7-42-12-18(33)15-10-19(34)21-16(26(15)41-5)8-14-9-17-23(32(3)4)25(36)22(29(31)39)28(38)30(17,40)27(37)20(14)24(21)35/h10,13-14,17-18,20,22-23,34,40H,6-9,11-12H2,1-5H3,(H2,31,39). The molecule has 1 amide bonds. The number of rotatable bonds is 6. The van der Waals surface area contributed by atoms with Gasteiger partial charge < -0.3 is 25.4 Å². The topological polar surface area (TPSA) is 177 Å². The fraction of sp³-hybridized carbons (Fsp3) is 0.633. The molecule has 4 N–H and O–H groups in total. The van der Waals surface area contributed by atoms with Gasteiger partial charge in [-0.25, -0.2) is 0 Å². The van der Waals surface area contributed by atoms with Crippen LogP contribution in [-0.2, 0) is 30.3 Å². The lowest BCUT2D eigenvalue weighted by atomic mass is 9.52. The van der Waals surface area contributed by atoms with Gasteiger partial charge in [-0.1, -0.05) is 13.8 Å². The fourth-order valence-electron chi connectivity index (χ4n) is 7.78. The van der Waals surface area contributed by atoms with Crippen molar-refractivity contribution in [1.29, 1.82) is 0 Å². The van der Waals surface area contributed by atoms with Crippen LogP contribution >= 0.6 is 0 Å². The van der Waals surface area contributed by atoms with E-state index < -0.39 is 64.4 Å². The molecule has 228 valence electrons. The van der Waals surface area contributed by atoms with E-state index in [2.05, 4.69) is 18.7 Å². The number of phenols is 1. The number of Topliss-reactive ketones (excluding diaryl/α,β-unsaturated/α-hetero) is 4. The van der Waals surface area contributed by atoms with E-state index in [4.69, 9.17) is 15.2 Å². The maximum Gasteiger partial charge on any atom is 0.235 e. The molecule has 12 heteroatoms. The maximum atomic E-state index is 14.0. The van der Waals surface area contributed by atoms with Crippen molar-refractivity contribution in [2.75, 3.05) is 47.5 Å². The number of phenolic OH excluding ortho intramolecular Hbond substituents is 1. The second kappa shape index (κ2) is 10.8. The van der Waals surface area contributed by atoms with Gasteiger partial charge in [0.15, 0.2) is 34.7 Å². The van der Waals surface area contributed by atoms with Gasteiger partial charge in [0, 0.05) is 30.1 Å². The third-order valence-electron chi connectivity index (χ3n) is 9.44. The summed E-state index contributed by atoms with van der Waals surface area (Å²) < 4.78 is 11.7. The zero-order chi connectivity index (χ0) is 30.8. The summed E-state index contributed by atoms with van der Waals surface area (Å²) >= 11 is 0. The summed E-state index contributed by atoms with van der Waals surface area (Å²) in [6, 6.07) is 0.0797. The summed E-state index contributed by atoms with van der Waals surface area (Å²) in [6.45, 7) is 6.63. The number of aromatic hydroxyl groups is 1. The summed E-state index contributed by atoms with van der Waals surface area (Å²) in [5.74, 6) is -10.0. The number of benzene rings is 1. The largest absolute Gasteiger partial charge is 0.507 e. The van der Waals surface area contributed by atoms with Crippen molar-refractivity contribution in [2.24, 2.45) is 35.3 Å². The molecule has 0 spiro atoms. The van der Waals surface area contributed by atoms with Crippen LogP contribution in [-0.4, -0.2) is 108 Å². The van der Waals surface area contributed by atoms with Crippen LogP contribution in [0.5, 0.6) is 11.5 Å². The van der Waals surface area contributed by atoms with Crippen LogP contribution in [0.2, 0.25) is 0 Å². The number of carbonyl (C=O) groups excluding carboxylic acids is 5. The lowest BCUT2D eigenvalue weighted by molar-refractivity contribution is -0.181. The lowest BCUT2D eigenvalue weighted by Crippen LogP contribution is -2.74. The molecule has 0 radical (unpaired) electrons. The van der Waals surface area contributed by atoms with Crippen molar-refractivity contribution >= 4 is 29.0 Å². The van der Waals surface area contributed by atoms with Crippen LogP contribution in [0.15, 0.2) is 6.07 Å². The smallest absolute Gasteiger partial charge is 0.235 e. The molecule has 2 saturated carbocycles. The molecular weight excluding hydrogens is 546 g/mol. The number of hydrogen-bond acceptors (Lipinski definition) is 11. The molecule has 12 nitrogen and oxygen atoms in total. The average molecular weight is 586 g/mol. The van der Waals surface area contributed by atoms with Gasteiger partial charge in [0.05, 0.1) is 43.9 Å². The molecule has 1 aliphatic heterocycles. The first-order valence-electron chi connectivity index (χ1n) is 14.3. The number of morpholine rings is 1. The van der Waals surface area contributed by atoms with Crippen LogP contribution < -0.4 is 10.5 Å². The first-order chi connectivity index (χ1) is 19.7. The summed E-state index contributed by atoms with van der Waals surface area (Å²) in [5.41, 5.74) is 3.64. The number of fused-ring (bicyclic) bond motifs is 3. The molecule has 0 aromatic heterocycles. The van der Waals surface area contributed by atoms with Crippen LogP contribution in [0, 0.1) is 29.6 Å². The quantitative estimate of drug-likeness (QED) is 0.380. The first-order valence-corrected chi connectivity index (χ1v) is 14.3. The predicted octanol–water partition coefficient (Wildman–Crippen LogP) is -0.0951. The molecular formula is C30H39N3O9. The molecule has 0 bridgehead atoms. The summed E-state index contributed by atoms with van der Waals surface area (Å²) in [4.78, 5) is 70.6. The van der Waals surface area contributed by atoms with E-state index in [1.165, 1.54) is 18.1 Å². The van der Waals surface area contributed by atoms with Crippen molar-refractivity contribution in [2.45, 2.75) is 44.4 Å². The molecule has 7 atom stereocenters. The number of ketones is 4. The molecule has 1 aromatic carbocycles. The van der Waals surface area contributed by atoms with Crippen molar-refractivity contribution < 1.29 is 43.7 Å². The molecule has 5 rings (SSSR count). The fourth-order valence-corrected chi connectivity index (χ4v) is 7.78. The minimum Gasteiger partial charge on any atom is -0.507 e. The number of methoxy groups -OCH3 is 1. The third kappa shape index (κ3) is 4.38. The second-order valence-corrected chi connectivity index (χ2v) is 12.6. The molecule has 1 aromatic rings. The molecule has 4 aliphatic rings. The Kier molecular flexibility index (Phi) is 7.80. The van der Waals surface area contributed by atoms with Crippen LogP contribution in [0.4, 0.5) is 0 Å². The van der Waals surface area contributed by atoms with E-state index in [-0.39, 0.29) is 30.2 Å². The molecule has 3 fully saturated rings. The first kappa shape index (κ1) is 30.3. The summed E-state index contributed by atoms with van der Waals surface area (Å²) in [7, 11) is 4.59. The highest BCUT2D eigenvalue weighted by Crippen LogP contribution is 2.53. The Bertz CT molecular complexity index is 1360. The Morgan fingerprint density at radius 1 is 1.24 bits per heavy atom. The van der Waals surface area contributed by atoms with Gasteiger partial charge in [-0.2, -0.15) is 0 Å². The Labute approximate surface area is 244 Å². The molecule has 3 aliphatic carbocycles. The number of aliphatic hydroxyl groups is 1. The van der Waals surface area contributed by atoms with Crippen molar-refractivity contribution in [3.63, 3.8) is 0 Å². The zero-order valence-electron chi connectivity index (χ0n) is 24.6. The number of nitrogens with zero attached hydrogens (tertiary/aromatic N) is 2. The van der Waals surface area contributed by atoms with Crippen molar-refractivity contribution in [3.05, 3.63) is 22.8 Å². The second-order valence-electron chi connectivity index (χ2n) is 12.6. The van der Waals surface area contributed by atoms with Crippen molar-refractivity contribution in [3.8, 4) is 11.5 Å². The maximum absolute atomic E-state index is 14.0. The number of ether oxygens (including phenoxy) is 2. The summed E-state index contributed by atoms with van der Waals surface area (Å²) in [5, 5.41) is 23.0. The van der Waals surface area contributed by atoms with E-state index in [0.717, 1.165) is 6.54 Å². The Balaban J connectivity index is 1.62. The monoisotopic (exact) mass is 585 g/mol. The summed E-state index contributed by atoms with van der Waals surface area (Å²) in [6.07, 6.45) is 0.109. The molecule has 42 heavy (non-hydrogen) atoms. The van der Waals surface area contributed by atoms with E-state index in [0.29, 0.717) is 42.6 Å². The Morgan fingerprint density at radius 2 is 1.93 bits per heavy atom. The van der Waals surface area contributed by atoms with Crippen LogP contribution in [0.25, 0.3) is 0 Å². The van der Waals surface area contributed by atoms with E-state index in [9.17, 15) is 34.2 Å². The van der Waals surface area contributed by atoms with Gasteiger partial charge in [0.1, 0.15) is 11.5 Å². The van der Waals surface area contributed by atoms with Crippen LogP contribution in [0.1, 0.15) is 47.8 Å². The zero-order valence-corrected chi connectivity index (χ0v) is 24.6. The normalized spacial score (nSPS) is 33.4. The number of amides is 1. The highest BCUT2D eigenvalue weighted by atomic mass is 16.5. The van der Waals surface area contributed by atoms with E-state index >= 15 is 0 Å². The van der Waals surface area contributed by atoms with E-state index in [1.807, 2.05) is 0 Å². The number of carbonyl (C=O) groups is 5. The SMILES string of the molecule is COc1c(C2COCCN2CC(C)C)cc(O)c2c1CC1CC3C(N(C)C)C(=O)C(C(N)=O)C(=O)C3(O)C(=O)C1C2=O. The molecule has 1 saturated heterocycles. The lowest BCUT2D eigenvalue weighted by Gasteiger charge is -2.52. The van der Waals surface area contributed by atoms with Gasteiger partial charge >= 0.3 is 0 Å². The number of primary amides is 1. The average Bonchev–Trinajstić information content (AvgIpc) is 2.90. The minimum atomic E-state index is -2.76. The highest BCUT2D eigenvalue weighted by Gasteiger charge is 2.69. The Hall–Kier alpha value is -3.19. The third-order valence-corrected chi connectivity index (χ3v) is 9.44. The van der Waals surface area contributed by atoms with Crippen LogP contribution in [0.3, 0.4) is 0 Å². The molecule has 7 unspecified atom stereocenters. The number of likely N-dealkylation sites (N-methyl/N-ethyl adjacent to an activating group) is 1. The number of hydrogen-bond donors (Lipinski definition) is 3. The number of nitrogens with two attached hydrogens (primary N) is 1. The predicted molar refractivity (Wildman–Crippen MR) is 148 cm³/mol. The van der Waals surface area contributed by atoms with E-state index in [1.54, 1.807) is 14.1 Å². The minimum absolute atomic E-state index is 0.0238. The van der Waals surface area contributed by atoms with Gasteiger partial charge in [-0.15, -0.1) is 0 Å². The molecule has 1 heterocycles. The Morgan fingerprint density at radius 3 is 2.52 bits per heavy atom. The van der Waals surface area contributed by atoms with Gasteiger partial charge in [-0.05, 0) is 44.8 Å². The van der Waals surface area contributed by atoms with Gasteiger partial charge in [0.2, 0.25) is 5.91 Å². The highest BCUT2D eigenvalue weighted by molar-refractivity contribution is 6.32. The van der Waals surface area contributed by atoms with Crippen molar-refractivity contribution in [1.82, 2.24) is 9.80 Å².